The third-order valence-corrected chi connectivity index (χ3v) is 5.19. The highest BCUT2D eigenvalue weighted by Gasteiger charge is 2.23. The molecule has 7 nitrogen and oxygen atoms in total. The van der Waals surface area contributed by atoms with Crippen LogP contribution in [0.5, 0.6) is 0 Å². The van der Waals surface area contributed by atoms with Crippen molar-refractivity contribution in [2.24, 2.45) is 0 Å². The molecule has 0 unspecified atom stereocenters. The van der Waals surface area contributed by atoms with Crippen LogP contribution in [0, 0.1) is 6.92 Å². The molecular formula is C22H19Cl2N3O4. The van der Waals surface area contributed by atoms with Crippen molar-refractivity contribution in [2.45, 2.75) is 20.4 Å². The molecule has 1 aromatic heterocycles. The zero-order chi connectivity index (χ0) is 22.5. The number of carbonyl (C=O) groups excluding carboxylic acids is 3. The van der Waals surface area contributed by atoms with Gasteiger partial charge in [0.15, 0.2) is 12.4 Å². The molecule has 0 spiro atoms. The summed E-state index contributed by atoms with van der Waals surface area (Å²) in [6.07, 6.45) is 0. The van der Waals surface area contributed by atoms with Crippen molar-refractivity contribution in [1.29, 1.82) is 0 Å². The lowest BCUT2D eigenvalue weighted by Crippen LogP contribution is -2.21. The van der Waals surface area contributed by atoms with E-state index in [0.29, 0.717) is 22.0 Å². The Labute approximate surface area is 188 Å². The molecule has 0 saturated carbocycles. The number of benzene rings is 2. The normalized spacial score (nSPS) is 10.6. The van der Waals surface area contributed by atoms with Crippen LogP contribution in [0.4, 0.5) is 5.69 Å². The van der Waals surface area contributed by atoms with Crippen LogP contribution >= 0.6 is 23.2 Å². The fraction of sp³-hybridized carbons (Fsp3) is 0.182. The number of nitrogens with zero attached hydrogens (tertiary/aromatic N) is 2. The van der Waals surface area contributed by atoms with E-state index in [-0.39, 0.29) is 23.0 Å². The number of nitrogens with one attached hydrogen (secondary N) is 1. The highest BCUT2D eigenvalue weighted by atomic mass is 35.5. The van der Waals surface area contributed by atoms with Gasteiger partial charge < -0.3 is 10.1 Å². The lowest BCUT2D eigenvalue weighted by molar-refractivity contribution is -0.119. The Morgan fingerprint density at radius 3 is 2.55 bits per heavy atom. The van der Waals surface area contributed by atoms with E-state index in [1.165, 1.54) is 11.6 Å². The number of aryl methyl sites for hydroxylation is 1. The zero-order valence-electron chi connectivity index (χ0n) is 16.8. The quantitative estimate of drug-likeness (QED) is 0.413. The zero-order valence-corrected chi connectivity index (χ0v) is 18.3. The molecule has 3 aromatic rings. The van der Waals surface area contributed by atoms with Gasteiger partial charge in [0.1, 0.15) is 10.7 Å². The fourth-order valence-electron chi connectivity index (χ4n) is 2.89. The number of hydrogen-bond acceptors (Lipinski definition) is 5. The Balaban J connectivity index is 1.65. The van der Waals surface area contributed by atoms with Crippen LogP contribution in [-0.4, -0.2) is 34.0 Å². The van der Waals surface area contributed by atoms with E-state index in [1.54, 1.807) is 37.3 Å². The number of carbonyl (C=O) groups is 3. The molecule has 1 amide bonds. The average Bonchev–Trinajstić information content (AvgIpc) is 3.01. The van der Waals surface area contributed by atoms with E-state index in [9.17, 15) is 14.4 Å². The molecule has 2 aromatic carbocycles. The molecule has 0 bridgehead atoms. The molecule has 3 rings (SSSR count). The summed E-state index contributed by atoms with van der Waals surface area (Å²) in [5, 5.41) is 7.51. The van der Waals surface area contributed by atoms with E-state index in [4.69, 9.17) is 27.9 Å². The van der Waals surface area contributed by atoms with Crippen molar-refractivity contribution in [1.82, 2.24) is 9.78 Å². The van der Waals surface area contributed by atoms with Crippen molar-refractivity contribution in [3.63, 3.8) is 0 Å². The molecule has 9 heteroatoms. The molecule has 0 aliphatic heterocycles. The lowest BCUT2D eigenvalue weighted by atomic mass is 10.1. The number of rotatable bonds is 7. The summed E-state index contributed by atoms with van der Waals surface area (Å²) in [6, 6.07) is 13.7. The van der Waals surface area contributed by atoms with Crippen LogP contribution in [0.3, 0.4) is 0 Å². The molecule has 1 N–H and O–H groups in total. The summed E-state index contributed by atoms with van der Waals surface area (Å²) in [5.74, 6) is -1.44. The Kier molecular flexibility index (Phi) is 7.09. The summed E-state index contributed by atoms with van der Waals surface area (Å²) in [5.41, 5.74) is 2.14. The lowest BCUT2D eigenvalue weighted by Gasteiger charge is -2.08. The monoisotopic (exact) mass is 459 g/mol. The molecule has 160 valence electrons. The van der Waals surface area contributed by atoms with Crippen molar-refractivity contribution < 1.29 is 19.1 Å². The maximum Gasteiger partial charge on any atom is 0.343 e. The van der Waals surface area contributed by atoms with Crippen molar-refractivity contribution >= 4 is 46.5 Å². The summed E-state index contributed by atoms with van der Waals surface area (Å²) in [4.78, 5) is 36.1. The Bertz CT molecular complexity index is 1160. The van der Waals surface area contributed by atoms with E-state index in [1.807, 2.05) is 18.2 Å². The number of aromatic nitrogens is 2. The first kappa shape index (κ1) is 22.5. The summed E-state index contributed by atoms with van der Waals surface area (Å²) in [7, 11) is 0. The van der Waals surface area contributed by atoms with Gasteiger partial charge >= 0.3 is 5.97 Å². The molecule has 0 atom stereocenters. The first-order valence-corrected chi connectivity index (χ1v) is 10.1. The molecule has 0 fully saturated rings. The average molecular weight is 460 g/mol. The number of ketones is 1. The Hall–Kier alpha value is -3.16. The van der Waals surface area contributed by atoms with Crippen LogP contribution in [0.1, 0.15) is 38.9 Å². The SMILES string of the molecule is CC(=O)c1cccc(NC(=O)COC(=O)c2c(C)nn(Cc3ccccc3Cl)c2Cl)c1. The van der Waals surface area contributed by atoms with E-state index >= 15 is 0 Å². The fourth-order valence-corrected chi connectivity index (χ4v) is 3.40. The van der Waals surface area contributed by atoms with Gasteiger partial charge in [-0.1, -0.05) is 53.5 Å². The minimum absolute atomic E-state index is 0.0834. The number of halogens is 2. The number of Topliss-reactive ketones (excluding diaryl/α,β-unsaturated/α-hetero) is 1. The van der Waals surface area contributed by atoms with Gasteiger partial charge in [-0.25, -0.2) is 9.48 Å². The summed E-state index contributed by atoms with van der Waals surface area (Å²) >= 11 is 12.5. The van der Waals surface area contributed by atoms with Gasteiger partial charge in [-0.05, 0) is 37.6 Å². The standard InChI is InChI=1S/C22H19Cl2N3O4/c1-13-20(21(24)27(26-13)11-16-6-3-4-9-18(16)23)22(30)31-12-19(29)25-17-8-5-7-15(10-17)14(2)28/h3-10H,11-12H2,1-2H3,(H,25,29). The number of amides is 1. The van der Waals surface area contributed by atoms with Gasteiger partial charge in [0.05, 0.1) is 12.2 Å². The number of ether oxygens (including phenoxy) is 1. The number of anilines is 1. The topological polar surface area (TPSA) is 90.3 Å². The molecular weight excluding hydrogens is 441 g/mol. The van der Waals surface area contributed by atoms with Gasteiger partial charge in [-0.3, -0.25) is 9.59 Å². The van der Waals surface area contributed by atoms with Crippen LogP contribution in [-0.2, 0) is 16.1 Å². The van der Waals surface area contributed by atoms with Crippen LogP contribution in [0.15, 0.2) is 48.5 Å². The second-order valence-electron chi connectivity index (χ2n) is 6.76. The predicted molar refractivity (Wildman–Crippen MR) is 118 cm³/mol. The van der Waals surface area contributed by atoms with Gasteiger partial charge in [0.25, 0.3) is 5.91 Å². The smallest absolute Gasteiger partial charge is 0.343 e. The van der Waals surface area contributed by atoms with Gasteiger partial charge in [-0.2, -0.15) is 5.10 Å². The summed E-state index contributed by atoms with van der Waals surface area (Å²) in [6.45, 7) is 2.81. The third-order valence-electron chi connectivity index (χ3n) is 4.43. The largest absolute Gasteiger partial charge is 0.452 e. The van der Waals surface area contributed by atoms with E-state index in [2.05, 4.69) is 10.4 Å². The van der Waals surface area contributed by atoms with Crippen LogP contribution in [0.2, 0.25) is 10.2 Å². The second kappa shape index (κ2) is 9.76. The Morgan fingerprint density at radius 1 is 1.10 bits per heavy atom. The first-order chi connectivity index (χ1) is 14.8. The summed E-state index contributed by atoms with van der Waals surface area (Å²) < 4.78 is 6.55. The molecule has 0 saturated heterocycles. The maximum absolute atomic E-state index is 12.5. The van der Waals surface area contributed by atoms with Crippen molar-refractivity contribution in [3.05, 3.63) is 81.1 Å². The Morgan fingerprint density at radius 2 is 1.84 bits per heavy atom. The highest BCUT2D eigenvalue weighted by Crippen LogP contribution is 2.24. The van der Waals surface area contributed by atoms with Crippen LogP contribution < -0.4 is 5.32 Å². The predicted octanol–water partition coefficient (Wildman–Crippen LogP) is 4.54. The van der Waals surface area contributed by atoms with Gasteiger partial charge in [0, 0.05) is 16.3 Å². The van der Waals surface area contributed by atoms with E-state index < -0.39 is 18.5 Å². The minimum Gasteiger partial charge on any atom is -0.452 e. The molecule has 0 aliphatic carbocycles. The van der Waals surface area contributed by atoms with Crippen LogP contribution in [0.25, 0.3) is 0 Å². The molecule has 1 heterocycles. The van der Waals surface area contributed by atoms with Gasteiger partial charge in [0.2, 0.25) is 0 Å². The number of esters is 1. The van der Waals surface area contributed by atoms with Gasteiger partial charge in [-0.15, -0.1) is 0 Å². The molecule has 0 radical (unpaired) electrons. The van der Waals surface area contributed by atoms with E-state index in [0.717, 1.165) is 5.56 Å². The first-order valence-electron chi connectivity index (χ1n) is 9.30. The third kappa shape index (κ3) is 5.51. The van der Waals surface area contributed by atoms with Crippen molar-refractivity contribution in [3.8, 4) is 0 Å². The van der Waals surface area contributed by atoms with Crippen molar-refractivity contribution in [2.75, 3.05) is 11.9 Å². The second-order valence-corrected chi connectivity index (χ2v) is 7.53. The number of hydrogen-bond donors (Lipinski definition) is 1. The molecule has 0 aliphatic rings. The molecule has 31 heavy (non-hydrogen) atoms. The maximum atomic E-state index is 12.5. The highest BCUT2D eigenvalue weighted by molar-refractivity contribution is 6.33. The minimum atomic E-state index is -0.763.